The van der Waals surface area contributed by atoms with Crippen LogP contribution in [0.2, 0.25) is 0 Å². The van der Waals surface area contributed by atoms with Crippen molar-refractivity contribution >= 4 is 29.3 Å². The molecule has 0 radical (unpaired) electrons. The predicted octanol–water partition coefficient (Wildman–Crippen LogP) is 1.79. The maximum atomic E-state index is 12.3. The molecule has 6 heteroatoms. The van der Waals surface area contributed by atoms with Crippen molar-refractivity contribution in [3.05, 3.63) is 23.8 Å². The van der Waals surface area contributed by atoms with E-state index in [9.17, 15) is 9.59 Å². The third kappa shape index (κ3) is 3.25. The molecule has 0 fully saturated rings. The van der Waals surface area contributed by atoms with Crippen LogP contribution in [0, 0.1) is 0 Å². The highest BCUT2D eigenvalue weighted by Gasteiger charge is 2.25. The van der Waals surface area contributed by atoms with E-state index in [1.807, 2.05) is 18.2 Å². The lowest BCUT2D eigenvalue weighted by molar-refractivity contribution is -0.133. The minimum Gasteiger partial charge on any atom is -0.495 e. The van der Waals surface area contributed by atoms with Gasteiger partial charge in [0.25, 0.3) is 0 Å². The Morgan fingerprint density at radius 1 is 1.40 bits per heavy atom. The summed E-state index contributed by atoms with van der Waals surface area (Å²) in [5.41, 5.74) is 1.94. The number of thioether (sulfide) groups is 1. The van der Waals surface area contributed by atoms with Gasteiger partial charge in [-0.1, -0.05) is 12.1 Å². The van der Waals surface area contributed by atoms with Crippen LogP contribution in [-0.2, 0) is 16.0 Å². The Balaban J connectivity index is 2.15. The fraction of sp³-hybridized carbons (Fsp3) is 0.429. The van der Waals surface area contributed by atoms with Crippen molar-refractivity contribution in [1.82, 2.24) is 0 Å². The lowest BCUT2D eigenvalue weighted by atomic mass is 10.0. The van der Waals surface area contributed by atoms with Gasteiger partial charge in [-0.25, -0.2) is 0 Å². The fourth-order valence-electron chi connectivity index (χ4n) is 2.33. The Labute approximate surface area is 121 Å². The van der Waals surface area contributed by atoms with Crippen LogP contribution in [0.3, 0.4) is 0 Å². The van der Waals surface area contributed by atoms with Crippen LogP contribution in [0.15, 0.2) is 18.2 Å². The second-order valence-electron chi connectivity index (χ2n) is 4.50. The summed E-state index contributed by atoms with van der Waals surface area (Å²) in [7, 11) is 1.59. The van der Waals surface area contributed by atoms with E-state index in [2.05, 4.69) is 0 Å². The van der Waals surface area contributed by atoms with Crippen LogP contribution in [0.4, 0.5) is 5.69 Å². The van der Waals surface area contributed by atoms with Gasteiger partial charge in [-0.15, -0.1) is 11.8 Å². The third-order valence-corrected chi connectivity index (χ3v) is 4.05. The van der Waals surface area contributed by atoms with E-state index in [4.69, 9.17) is 9.84 Å². The summed E-state index contributed by atoms with van der Waals surface area (Å²) in [6.45, 7) is 0.653. The number of carboxylic acid groups (broad SMARTS) is 1. The molecule has 1 aliphatic heterocycles. The lowest BCUT2D eigenvalue weighted by Crippen LogP contribution is -2.37. The zero-order valence-corrected chi connectivity index (χ0v) is 12.1. The van der Waals surface area contributed by atoms with Crippen molar-refractivity contribution in [2.24, 2.45) is 0 Å². The normalized spacial score (nSPS) is 13.8. The number of anilines is 1. The first-order valence-corrected chi connectivity index (χ1v) is 7.54. The standard InChI is InChI=1S/C14H17NO4S/c1-19-11-6-2-4-10-5-3-7-15(14(10)11)12(16)8-20-9-13(17)18/h2,4,6H,3,5,7-9H2,1H3,(H,17,18). The lowest BCUT2D eigenvalue weighted by Gasteiger charge is -2.30. The summed E-state index contributed by atoms with van der Waals surface area (Å²) >= 11 is 1.12. The van der Waals surface area contributed by atoms with E-state index in [0.717, 1.165) is 35.9 Å². The summed E-state index contributed by atoms with van der Waals surface area (Å²) in [4.78, 5) is 24.5. The fourth-order valence-corrected chi connectivity index (χ4v) is 2.94. The minimum atomic E-state index is -0.903. The number of benzene rings is 1. The zero-order chi connectivity index (χ0) is 14.5. The number of para-hydroxylation sites is 1. The number of fused-ring (bicyclic) bond motifs is 1. The molecule has 1 heterocycles. The molecule has 1 N–H and O–H groups in total. The molecule has 0 spiro atoms. The predicted molar refractivity (Wildman–Crippen MR) is 78.6 cm³/mol. The van der Waals surface area contributed by atoms with Gasteiger partial charge >= 0.3 is 5.97 Å². The molecule has 0 aromatic heterocycles. The molecule has 2 rings (SSSR count). The van der Waals surface area contributed by atoms with Crippen LogP contribution < -0.4 is 9.64 Å². The monoisotopic (exact) mass is 295 g/mol. The molecule has 1 aromatic carbocycles. The Morgan fingerprint density at radius 3 is 2.90 bits per heavy atom. The van der Waals surface area contributed by atoms with E-state index in [1.54, 1.807) is 12.0 Å². The number of aliphatic carboxylic acids is 1. The Morgan fingerprint density at radius 2 is 2.20 bits per heavy atom. The minimum absolute atomic E-state index is 0.0572. The Hall–Kier alpha value is -1.69. The third-order valence-electron chi connectivity index (χ3n) is 3.15. The first kappa shape index (κ1) is 14.7. The number of nitrogens with zero attached hydrogens (tertiary/aromatic N) is 1. The summed E-state index contributed by atoms with van der Waals surface area (Å²) < 4.78 is 5.34. The van der Waals surface area contributed by atoms with Crippen LogP contribution in [0.25, 0.3) is 0 Å². The second-order valence-corrected chi connectivity index (χ2v) is 5.49. The summed E-state index contributed by atoms with van der Waals surface area (Å²) in [6, 6.07) is 5.77. The molecule has 1 aromatic rings. The number of aryl methyl sites for hydroxylation is 1. The SMILES string of the molecule is COc1cccc2c1N(C(=O)CSCC(=O)O)CCC2. The van der Waals surface area contributed by atoms with Gasteiger partial charge in [-0.3, -0.25) is 9.59 Å². The molecule has 20 heavy (non-hydrogen) atoms. The average Bonchev–Trinajstić information content (AvgIpc) is 2.45. The molecule has 0 atom stereocenters. The number of ether oxygens (including phenoxy) is 1. The van der Waals surface area contributed by atoms with Crippen molar-refractivity contribution in [2.75, 3.05) is 30.1 Å². The van der Waals surface area contributed by atoms with Crippen LogP contribution >= 0.6 is 11.8 Å². The topological polar surface area (TPSA) is 66.8 Å². The highest BCUT2D eigenvalue weighted by molar-refractivity contribution is 8.00. The first-order valence-electron chi connectivity index (χ1n) is 6.39. The summed E-state index contributed by atoms with van der Waals surface area (Å²) in [5.74, 6) is -0.165. The van der Waals surface area contributed by atoms with E-state index >= 15 is 0 Å². The van der Waals surface area contributed by atoms with Crippen LogP contribution in [0.1, 0.15) is 12.0 Å². The second kappa shape index (κ2) is 6.65. The van der Waals surface area contributed by atoms with Gasteiger partial charge < -0.3 is 14.7 Å². The molecule has 5 nitrogen and oxygen atoms in total. The molecule has 0 saturated heterocycles. The van der Waals surface area contributed by atoms with Gasteiger partial charge in [0, 0.05) is 6.54 Å². The smallest absolute Gasteiger partial charge is 0.313 e. The number of carbonyl (C=O) groups excluding carboxylic acids is 1. The van der Waals surface area contributed by atoms with E-state index < -0.39 is 5.97 Å². The Kier molecular flexibility index (Phi) is 4.89. The van der Waals surface area contributed by atoms with Gasteiger partial charge in [-0.2, -0.15) is 0 Å². The number of hydrogen-bond donors (Lipinski definition) is 1. The van der Waals surface area contributed by atoms with Gasteiger partial charge in [0.05, 0.1) is 24.3 Å². The highest BCUT2D eigenvalue weighted by Crippen LogP contribution is 2.36. The number of hydrogen-bond acceptors (Lipinski definition) is 4. The van der Waals surface area contributed by atoms with Crippen molar-refractivity contribution in [3.63, 3.8) is 0 Å². The molecule has 108 valence electrons. The summed E-state index contributed by atoms with van der Waals surface area (Å²) in [5, 5.41) is 8.61. The van der Waals surface area contributed by atoms with Gasteiger partial charge in [-0.05, 0) is 24.5 Å². The van der Waals surface area contributed by atoms with E-state index in [-0.39, 0.29) is 17.4 Å². The van der Waals surface area contributed by atoms with E-state index in [1.165, 1.54) is 0 Å². The molecular formula is C14H17NO4S. The maximum Gasteiger partial charge on any atom is 0.313 e. The van der Waals surface area contributed by atoms with Crippen molar-refractivity contribution in [1.29, 1.82) is 0 Å². The van der Waals surface area contributed by atoms with Gasteiger partial charge in [0.1, 0.15) is 5.75 Å². The molecule has 1 aliphatic rings. The van der Waals surface area contributed by atoms with Crippen LogP contribution in [0.5, 0.6) is 5.75 Å². The van der Waals surface area contributed by atoms with Gasteiger partial charge in [0.15, 0.2) is 0 Å². The number of methoxy groups -OCH3 is 1. The highest BCUT2D eigenvalue weighted by atomic mass is 32.2. The van der Waals surface area contributed by atoms with Crippen molar-refractivity contribution in [2.45, 2.75) is 12.8 Å². The van der Waals surface area contributed by atoms with Crippen molar-refractivity contribution in [3.8, 4) is 5.75 Å². The van der Waals surface area contributed by atoms with Gasteiger partial charge in [0.2, 0.25) is 5.91 Å². The number of amides is 1. The number of carbonyl (C=O) groups is 2. The quantitative estimate of drug-likeness (QED) is 0.897. The van der Waals surface area contributed by atoms with Crippen molar-refractivity contribution < 1.29 is 19.4 Å². The first-order chi connectivity index (χ1) is 9.63. The maximum absolute atomic E-state index is 12.3. The molecule has 0 bridgehead atoms. The largest absolute Gasteiger partial charge is 0.495 e. The molecule has 0 saturated carbocycles. The average molecular weight is 295 g/mol. The number of carboxylic acids is 1. The van der Waals surface area contributed by atoms with Crippen LogP contribution in [-0.4, -0.2) is 42.1 Å². The molecule has 0 unspecified atom stereocenters. The zero-order valence-electron chi connectivity index (χ0n) is 11.3. The molecule has 1 amide bonds. The van der Waals surface area contributed by atoms with E-state index in [0.29, 0.717) is 12.3 Å². The number of rotatable bonds is 5. The Bertz CT molecular complexity index is 504. The molecular weight excluding hydrogens is 278 g/mol. The summed E-state index contributed by atoms with van der Waals surface area (Å²) in [6.07, 6.45) is 1.84. The molecule has 0 aliphatic carbocycles.